The second-order valence-corrected chi connectivity index (χ2v) is 5.79. The molecule has 1 amide bonds. The van der Waals surface area contributed by atoms with Crippen molar-refractivity contribution in [2.75, 3.05) is 7.11 Å². The van der Waals surface area contributed by atoms with Crippen molar-refractivity contribution in [1.82, 2.24) is 5.32 Å². The summed E-state index contributed by atoms with van der Waals surface area (Å²) in [6.45, 7) is 0. The van der Waals surface area contributed by atoms with Crippen molar-refractivity contribution in [2.45, 2.75) is 18.9 Å². The third kappa shape index (κ3) is 5.26. The van der Waals surface area contributed by atoms with Gasteiger partial charge in [-0.05, 0) is 29.8 Å². The Kier molecular flexibility index (Phi) is 6.47. The van der Waals surface area contributed by atoms with Crippen LogP contribution in [0.5, 0.6) is 0 Å². The number of benzene rings is 2. The summed E-state index contributed by atoms with van der Waals surface area (Å²) in [5, 5.41) is 2.94. The van der Waals surface area contributed by atoms with Gasteiger partial charge in [0, 0.05) is 17.0 Å². The highest BCUT2D eigenvalue weighted by molar-refractivity contribution is 6.30. The van der Waals surface area contributed by atoms with E-state index in [9.17, 15) is 18.4 Å². The summed E-state index contributed by atoms with van der Waals surface area (Å²) < 4.78 is 32.0. The first-order valence-electron chi connectivity index (χ1n) is 7.45. The van der Waals surface area contributed by atoms with E-state index in [1.54, 1.807) is 24.3 Å². The number of rotatable bonds is 6. The molecule has 2 aromatic carbocycles. The Morgan fingerprint density at radius 3 is 2.40 bits per heavy atom. The molecule has 1 atom stereocenters. The van der Waals surface area contributed by atoms with Crippen molar-refractivity contribution >= 4 is 23.5 Å². The Balaban J connectivity index is 2.11. The Labute approximate surface area is 148 Å². The van der Waals surface area contributed by atoms with E-state index in [-0.39, 0.29) is 12.0 Å². The highest BCUT2D eigenvalue weighted by Crippen LogP contribution is 2.14. The third-order valence-electron chi connectivity index (χ3n) is 3.55. The molecule has 0 aliphatic rings. The minimum absolute atomic E-state index is 0.138. The molecule has 1 N–H and O–H groups in total. The van der Waals surface area contributed by atoms with E-state index < -0.39 is 36.0 Å². The van der Waals surface area contributed by atoms with Gasteiger partial charge in [0.1, 0.15) is 17.7 Å². The molecule has 7 heteroatoms. The van der Waals surface area contributed by atoms with E-state index in [1.807, 2.05) is 0 Å². The van der Waals surface area contributed by atoms with Crippen LogP contribution < -0.4 is 5.32 Å². The number of ether oxygens (including phenoxy) is 1. The number of nitrogens with one attached hydrogen (secondary N) is 1. The zero-order valence-corrected chi connectivity index (χ0v) is 14.1. The van der Waals surface area contributed by atoms with E-state index in [2.05, 4.69) is 10.1 Å². The second kappa shape index (κ2) is 8.58. The van der Waals surface area contributed by atoms with E-state index >= 15 is 0 Å². The van der Waals surface area contributed by atoms with E-state index in [4.69, 9.17) is 11.6 Å². The average molecular weight is 368 g/mol. The van der Waals surface area contributed by atoms with Crippen LogP contribution in [0.1, 0.15) is 11.1 Å². The Bertz CT molecular complexity index is 762. The van der Waals surface area contributed by atoms with Crippen LogP contribution >= 0.6 is 11.6 Å². The van der Waals surface area contributed by atoms with Crippen LogP contribution in [0, 0.1) is 11.6 Å². The summed E-state index contributed by atoms with van der Waals surface area (Å²) in [5.74, 6) is -3.00. The maximum atomic E-state index is 13.6. The number of esters is 1. The molecule has 0 radical (unpaired) electrons. The molecule has 0 bridgehead atoms. The molecule has 4 nitrogen and oxygen atoms in total. The van der Waals surface area contributed by atoms with Crippen LogP contribution in [0.2, 0.25) is 5.02 Å². The van der Waals surface area contributed by atoms with Crippen LogP contribution in [0.25, 0.3) is 0 Å². The number of methoxy groups -OCH3 is 1. The van der Waals surface area contributed by atoms with Crippen molar-refractivity contribution in [2.24, 2.45) is 0 Å². The van der Waals surface area contributed by atoms with E-state index in [0.717, 1.165) is 12.1 Å². The Hall–Kier alpha value is -2.47. The molecule has 2 aromatic rings. The zero-order chi connectivity index (χ0) is 18.4. The molecular formula is C18H16ClF2NO3. The minimum atomic E-state index is -0.995. The monoisotopic (exact) mass is 367 g/mol. The fraction of sp³-hybridized carbons (Fsp3) is 0.222. The number of hydrogen-bond acceptors (Lipinski definition) is 3. The number of hydrogen-bond donors (Lipinski definition) is 1. The standard InChI is InChI=1S/C18H16ClF2NO3/c1-25-18(24)16(9-11-4-2-5-12(19)8-11)22-17(23)10-13-14(20)6-3-7-15(13)21/h2-8,16H,9-10H2,1H3,(H,22,23)/t16-/m0/s1. The van der Waals surface area contributed by atoms with Gasteiger partial charge < -0.3 is 10.1 Å². The van der Waals surface area contributed by atoms with Gasteiger partial charge in [-0.25, -0.2) is 13.6 Å². The van der Waals surface area contributed by atoms with Gasteiger partial charge in [0.15, 0.2) is 0 Å². The van der Waals surface area contributed by atoms with Crippen molar-refractivity contribution in [3.8, 4) is 0 Å². The summed E-state index contributed by atoms with van der Waals surface area (Å²) in [6, 6.07) is 9.13. The van der Waals surface area contributed by atoms with E-state index in [0.29, 0.717) is 10.6 Å². The molecule has 0 saturated carbocycles. The molecule has 0 saturated heterocycles. The molecule has 0 fully saturated rings. The van der Waals surface area contributed by atoms with Crippen molar-refractivity contribution < 1.29 is 23.1 Å². The number of carbonyl (C=O) groups is 2. The quantitative estimate of drug-likeness (QED) is 0.798. The normalized spacial score (nSPS) is 11.7. The van der Waals surface area contributed by atoms with Gasteiger partial charge >= 0.3 is 5.97 Å². The molecule has 0 heterocycles. The lowest BCUT2D eigenvalue weighted by Crippen LogP contribution is -2.43. The maximum absolute atomic E-state index is 13.6. The molecule has 0 unspecified atom stereocenters. The summed E-state index contributed by atoms with van der Waals surface area (Å²) >= 11 is 5.90. The Morgan fingerprint density at radius 1 is 1.16 bits per heavy atom. The number of amides is 1. The van der Waals surface area contributed by atoms with Gasteiger partial charge in [0.2, 0.25) is 5.91 Å². The molecule has 25 heavy (non-hydrogen) atoms. The molecule has 0 aliphatic heterocycles. The lowest BCUT2D eigenvalue weighted by molar-refractivity contribution is -0.145. The van der Waals surface area contributed by atoms with Crippen molar-refractivity contribution in [1.29, 1.82) is 0 Å². The largest absolute Gasteiger partial charge is 0.467 e. The SMILES string of the molecule is COC(=O)[C@H](Cc1cccc(Cl)c1)NC(=O)Cc1c(F)cccc1F. The van der Waals surface area contributed by atoms with Crippen LogP contribution in [0.3, 0.4) is 0 Å². The predicted octanol–water partition coefficient (Wildman–Crippen LogP) is 3.06. The van der Waals surface area contributed by atoms with E-state index in [1.165, 1.54) is 13.2 Å². The predicted molar refractivity (Wildman–Crippen MR) is 89.2 cm³/mol. The fourth-order valence-electron chi connectivity index (χ4n) is 2.34. The van der Waals surface area contributed by atoms with Crippen molar-refractivity contribution in [3.63, 3.8) is 0 Å². The van der Waals surface area contributed by atoms with Gasteiger partial charge in [-0.15, -0.1) is 0 Å². The highest BCUT2D eigenvalue weighted by atomic mass is 35.5. The summed E-state index contributed by atoms with van der Waals surface area (Å²) in [4.78, 5) is 24.0. The molecule has 0 spiro atoms. The van der Waals surface area contributed by atoms with Gasteiger partial charge in [0.25, 0.3) is 0 Å². The molecule has 0 aromatic heterocycles. The summed E-state index contributed by atoms with van der Waals surface area (Å²) in [7, 11) is 1.19. The van der Waals surface area contributed by atoms with Gasteiger partial charge in [-0.2, -0.15) is 0 Å². The molecular weight excluding hydrogens is 352 g/mol. The first kappa shape index (κ1) is 18.9. The number of halogens is 3. The number of carbonyl (C=O) groups excluding carboxylic acids is 2. The zero-order valence-electron chi connectivity index (χ0n) is 13.4. The molecule has 132 valence electrons. The highest BCUT2D eigenvalue weighted by Gasteiger charge is 2.23. The second-order valence-electron chi connectivity index (χ2n) is 5.35. The van der Waals surface area contributed by atoms with Crippen LogP contribution in [0.4, 0.5) is 8.78 Å². The Morgan fingerprint density at radius 2 is 1.80 bits per heavy atom. The average Bonchev–Trinajstić information content (AvgIpc) is 2.57. The van der Waals surface area contributed by atoms with Crippen LogP contribution in [-0.4, -0.2) is 25.0 Å². The lowest BCUT2D eigenvalue weighted by Gasteiger charge is -2.17. The topological polar surface area (TPSA) is 55.4 Å². The molecule has 2 rings (SSSR count). The summed E-state index contributed by atoms with van der Waals surface area (Å²) in [5.41, 5.74) is 0.353. The molecule has 0 aliphatic carbocycles. The summed E-state index contributed by atoms with van der Waals surface area (Å²) in [6.07, 6.45) is -0.389. The van der Waals surface area contributed by atoms with Gasteiger partial charge in [-0.3, -0.25) is 4.79 Å². The lowest BCUT2D eigenvalue weighted by atomic mass is 10.0. The van der Waals surface area contributed by atoms with Gasteiger partial charge in [-0.1, -0.05) is 29.8 Å². The van der Waals surface area contributed by atoms with Crippen molar-refractivity contribution in [3.05, 3.63) is 70.2 Å². The third-order valence-corrected chi connectivity index (χ3v) is 3.78. The van der Waals surface area contributed by atoms with Gasteiger partial charge in [0.05, 0.1) is 13.5 Å². The maximum Gasteiger partial charge on any atom is 0.328 e. The van der Waals surface area contributed by atoms with Crippen LogP contribution in [-0.2, 0) is 27.2 Å². The minimum Gasteiger partial charge on any atom is -0.467 e. The first-order valence-corrected chi connectivity index (χ1v) is 7.83. The van der Waals surface area contributed by atoms with Crippen LogP contribution in [0.15, 0.2) is 42.5 Å². The fourth-order valence-corrected chi connectivity index (χ4v) is 2.56. The smallest absolute Gasteiger partial charge is 0.328 e. The first-order chi connectivity index (χ1) is 11.9.